The van der Waals surface area contributed by atoms with E-state index in [1.54, 1.807) is 7.11 Å². The lowest BCUT2D eigenvalue weighted by molar-refractivity contribution is -0.00490. The molecule has 5 heteroatoms. The van der Waals surface area contributed by atoms with E-state index in [4.69, 9.17) is 10.5 Å². The zero-order valence-corrected chi connectivity index (χ0v) is 11.9. The Labute approximate surface area is 109 Å². The highest BCUT2D eigenvalue weighted by atomic mass is 16.5. The van der Waals surface area contributed by atoms with Gasteiger partial charge in [0.1, 0.15) is 0 Å². The summed E-state index contributed by atoms with van der Waals surface area (Å²) in [4.78, 5) is 2.30. The van der Waals surface area contributed by atoms with Crippen molar-refractivity contribution in [3.8, 4) is 0 Å². The summed E-state index contributed by atoms with van der Waals surface area (Å²) in [6, 6.07) is 0. The number of aryl methyl sites for hydroxylation is 2. The largest absolute Gasteiger partial charge is 0.394 e. The lowest BCUT2D eigenvalue weighted by Gasteiger charge is -2.40. The Balaban J connectivity index is 2.29. The molecule has 0 bridgehead atoms. The average molecular weight is 252 g/mol. The van der Waals surface area contributed by atoms with Crippen LogP contribution < -0.4 is 10.6 Å². The first kappa shape index (κ1) is 13.2. The van der Waals surface area contributed by atoms with Crippen molar-refractivity contribution in [3.05, 3.63) is 5.69 Å². The maximum atomic E-state index is 6.21. The second-order valence-electron chi connectivity index (χ2n) is 5.34. The second-order valence-corrected chi connectivity index (χ2v) is 5.34. The molecule has 0 radical (unpaired) electrons. The molecule has 1 aromatic rings. The Morgan fingerprint density at radius 3 is 2.78 bits per heavy atom. The highest BCUT2D eigenvalue weighted by Crippen LogP contribution is 2.32. The molecular formula is C13H24N4O. The van der Waals surface area contributed by atoms with Gasteiger partial charge in [-0.25, -0.2) is 0 Å². The van der Waals surface area contributed by atoms with Crippen molar-refractivity contribution in [2.75, 3.05) is 30.8 Å². The number of nitrogens with zero attached hydrogens (tertiary/aromatic N) is 3. The van der Waals surface area contributed by atoms with Gasteiger partial charge in [0.05, 0.1) is 17.0 Å². The number of aromatic nitrogens is 2. The normalized spacial score (nSPS) is 24.6. The number of nitrogens with two attached hydrogens (primary N) is 1. The van der Waals surface area contributed by atoms with E-state index >= 15 is 0 Å². The van der Waals surface area contributed by atoms with Crippen LogP contribution in [0.2, 0.25) is 0 Å². The van der Waals surface area contributed by atoms with Gasteiger partial charge in [-0.1, -0.05) is 6.92 Å². The summed E-state index contributed by atoms with van der Waals surface area (Å²) in [6.07, 6.45) is 3.09. The van der Waals surface area contributed by atoms with Crippen molar-refractivity contribution in [1.82, 2.24) is 9.78 Å². The maximum absolute atomic E-state index is 6.21. The van der Waals surface area contributed by atoms with E-state index in [0.29, 0.717) is 0 Å². The van der Waals surface area contributed by atoms with Crippen molar-refractivity contribution >= 4 is 11.5 Å². The summed E-state index contributed by atoms with van der Waals surface area (Å²) in [7, 11) is 3.75. The van der Waals surface area contributed by atoms with E-state index in [0.717, 1.165) is 49.6 Å². The fourth-order valence-electron chi connectivity index (χ4n) is 2.77. The van der Waals surface area contributed by atoms with Crippen LogP contribution in [0.4, 0.5) is 11.5 Å². The summed E-state index contributed by atoms with van der Waals surface area (Å²) in [5, 5.41) is 4.49. The third-order valence-electron chi connectivity index (χ3n) is 3.92. The van der Waals surface area contributed by atoms with Crippen molar-refractivity contribution < 1.29 is 4.74 Å². The Morgan fingerprint density at radius 2 is 2.22 bits per heavy atom. The molecular weight excluding hydrogens is 228 g/mol. The average Bonchev–Trinajstić information content (AvgIpc) is 2.64. The summed E-state index contributed by atoms with van der Waals surface area (Å²) in [5.41, 5.74) is 7.93. The van der Waals surface area contributed by atoms with Crippen LogP contribution in [0, 0.1) is 0 Å². The monoisotopic (exact) mass is 252 g/mol. The van der Waals surface area contributed by atoms with Gasteiger partial charge in [0.15, 0.2) is 5.82 Å². The van der Waals surface area contributed by atoms with E-state index in [1.165, 1.54) is 0 Å². The zero-order chi connectivity index (χ0) is 13.3. The molecule has 0 aliphatic carbocycles. The second kappa shape index (κ2) is 4.80. The molecule has 0 saturated carbocycles. The van der Waals surface area contributed by atoms with Crippen LogP contribution in [0.1, 0.15) is 32.4 Å². The molecule has 0 aromatic carbocycles. The number of anilines is 2. The zero-order valence-electron chi connectivity index (χ0n) is 11.9. The minimum absolute atomic E-state index is 0.0820. The third kappa shape index (κ3) is 2.19. The van der Waals surface area contributed by atoms with Gasteiger partial charge in [0, 0.05) is 27.2 Å². The van der Waals surface area contributed by atoms with Crippen LogP contribution in [-0.2, 0) is 18.2 Å². The Hall–Kier alpha value is -1.23. The first-order chi connectivity index (χ1) is 8.50. The Kier molecular flexibility index (Phi) is 3.52. The van der Waals surface area contributed by atoms with Crippen LogP contribution in [0.5, 0.6) is 0 Å². The molecule has 1 unspecified atom stereocenters. The highest BCUT2D eigenvalue weighted by molar-refractivity contribution is 5.66. The standard InChI is InChI=1S/C13H24N4O/c1-5-10-11(14)12(16(3)15-10)17-8-6-7-13(2,9-17)18-4/h5-9,14H2,1-4H3. The SMILES string of the molecule is CCc1nn(C)c(N2CCCC(C)(OC)C2)c1N. The van der Waals surface area contributed by atoms with E-state index in [-0.39, 0.29) is 5.60 Å². The lowest BCUT2D eigenvalue weighted by atomic mass is 9.94. The van der Waals surface area contributed by atoms with Gasteiger partial charge in [0.25, 0.3) is 0 Å². The molecule has 1 aromatic heterocycles. The van der Waals surface area contributed by atoms with Crippen LogP contribution >= 0.6 is 0 Å². The molecule has 5 nitrogen and oxygen atoms in total. The molecule has 1 fully saturated rings. The number of rotatable bonds is 3. The van der Waals surface area contributed by atoms with Gasteiger partial charge in [-0.2, -0.15) is 5.10 Å². The molecule has 2 rings (SSSR count). The molecule has 1 aliphatic heterocycles. The van der Waals surface area contributed by atoms with Gasteiger partial charge < -0.3 is 15.4 Å². The van der Waals surface area contributed by atoms with Gasteiger partial charge >= 0.3 is 0 Å². The number of nitrogen functional groups attached to an aromatic ring is 1. The van der Waals surface area contributed by atoms with E-state index in [9.17, 15) is 0 Å². The van der Waals surface area contributed by atoms with Crippen molar-refractivity contribution in [2.24, 2.45) is 7.05 Å². The number of ether oxygens (including phenoxy) is 1. The summed E-state index contributed by atoms with van der Waals surface area (Å²) in [5.74, 6) is 1.04. The maximum Gasteiger partial charge on any atom is 0.150 e. The van der Waals surface area contributed by atoms with Crippen molar-refractivity contribution in [1.29, 1.82) is 0 Å². The molecule has 1 saturated heterocycles. The lowest BCUT2D eigenvalue weighted by Crippen LogP contribution is -2.48. The van der Waals surface area contributed by atoms with Crippen LogP contribution in [0.3, 0.4) is 0 Å². The molecule has 2 N–H and O–H groups in total. The van der Waals surface area contributed by atoms with Gasteiger partial charge in [0.2, 0.25) is 0 Å². The van der Waals surface area contributed by atoms with Crippen molar-refractivity contribution in [2.45, 2.75) is 38.7 Å². The number of piperidine rings is 1. The van der Waals surface area contributed by atoms with Crippen molar-refractivity contribution in [3.63, 3.8) is 0 Å². The van der Waals surface area contributed by atoms with Crippen LogP contribution in [0.25, 0.3) is 0 Å². The molecule has 1 atom stereocenters. The first-order valence-electron chi connectivity index (χ1n) is 6.62. The number of hydrogen-bond donors (Lipinski definition) is 1. The minimum atomic E-state index is -0.0820. The highest BCUT2D eigenvalue weighted by Gasteiger charge is 2.33. The topological polar surface area (TPSA) is 56.3 Å². The quantitative estimate of drug-likeness (QED) is 0.887. The number of hydrogen-bond acceptors (Lipinski definition) is 4. The molecule has 0 amide bonds. The fraction of sp³-hybridized carbons (Fsp3) is 0.769. The van der Waals surface area contributed by atoms with Gasteiger partial charge in [-0.05, 0) is 26.2 Å². The molecule has 2 heterocycles. The first-order valence-corrected chi connectivity index (χ1v) is 6.62. The Bertz CT molecular complexity index is 429. The minimum Gasteiger partial charge on any atom is -0.394 e. The molecule has 0 spiro atoms. The van der Waals surface area contributed by atoms with E-state index in [1.807, 2.05) is 11.7 Å². The fourth-order valence-corrected chi connectivity index (χ4v) is 2.77. The number of methoxy groups -OCH3 is 1. The summed E-state index contributed by atoms with van der Waals surface area (Å²) >= 11 is 0. The smallest absolute Gasteiger partial charge is 0.150 e. The predicted octanol–water partition coefficient (Wildman–Crippen LogP) is 1.57. The molecule has 1 aliphatic rings. The van der Waals surface area contributed by atoms with E-state index in [2.05, 4.69) is 23.8 Å². The van der Waals surface area contributed by atoms with Crippen LogP contribution in [-0.4, -0.2) is 35.6 Å². The van der Waals surface area contributed by atoms with Crippen LogP contribution in [0.15, 0.2) is 0 Å². The molecule has 18 heavy (non-hydrogen) atoms. The third-order valence-corrected chi connectivity index (χ3v) is 3.92. The molecule has 102 valence electrons. The van der Waals surface area contributed by atoms with E-state index < -0.39 is 0 Å². The summed E-state index contributed by atoms with van der Waals surface area (Å²) in [6.45, 7) is 6.13. The van der Waals surface area contributed by atoms with Gasteiger partial charge in [-0.3, -0.25) is 4.68 Å². The summed E-state index contributed by atoms with van der Waals surface area (Å²) < 4.78 is 7.53. The van der Waals surface area contributed by atoms with Gasteiger partial charge in [-0.15, -0.1) is 0 Å². The predicted molar refractivity (Wildman–Crippen MR) is 73.9 cm³/mol. The Morgan fingerprint density at radius 1 is 1.50 bits per heavy atom.